The van der Waals surface area contributed by atoms with E-state index in [-0.39, 0.29) is 0 Å². The summed E-state index contributed by atoms with van der Waals surface area (Å²) in [7, 11) is 1.89. The van der Waals surface area contributed by atoms with Gasteiger partial charge >= 0.3 is 0 Å². The number of hydrogen-bond acceptors (Lipinski definition) is 5. The van der Waals surface area contributed by atoms with Gasteiger partial charge in [-0.25, -0.2) is 4.98 Å². The molecule has 3 aromatic rings. The van der Waals surface area contributed by atoms with Gasteiger partial charge in [0.05, 0.1) is 12.4 Å². The summed E-state index contributed by atoms with van der Waals surface area (Å²) in [4.78, 5) is 4.65. The van der Waals surface area contributed by atoms with Gasteiger partial charge in [0.1, 0.15) is 5.82 Å². The third kappa shape index (κ3) is 3.87. The summed E-state index contributed by atoms with van der Waals surface area (Å²) in [5.74, 6) is 0.614. The lowest BCUT2D eigenvalue weighted by Gasteiger charge is -2.04. The maximum absolute atomic E-state index is 6.02. The van der Waals surface area contributed by atoms with Crippen molar-refractivity contribution >= 4 is 11.5 Å². The SMILES string of the molecule is CCCN.CCCc1cc(N)n2ncc(-c3cnn(C)c3)c2n1. The summed E-state index contributed by atoms with van der Waals surface area (Å²) >= 11 is 0. The highest BCUT2D eigenvalue weighted by Gasteiger charge is 2.12. The van der Waals surface area contributed by atoms with E-state index in [0.29, 0.717) is 5.82 Å². The fraction of sp³-hybridized carbons (Fsp3) is 0.438. The smallest absolute Gasteiger partial charge is 0.165 e. The first-order valence-corrected chi connectivity index (χ1v) is 7.92. The van der Waals surface area contributed by atoms with Crippen LogP contribution in [-0.4, -0.2) is 30.9 Å². The van der Waals surface area contributed by atoms with Crippen LogP contribution in [0.1, 0.15) is 32.4 Å². The Kier molecular flexibility index (Phi) is 5.70. The molecule has 4 N–H and O–H groups in total. The van der Waals surface area contributed by atoms with E-state index in [1.54, 1.807) is 21.6 Å². The fourth-order valence-corrected chi connectivity index (χ4v) is 2.19. The van der Waals surface area contributed by atoms with Gasteiger partial charge in [-0.05, 0) is 19.4 Å². The molecule has 3 heterocycles. The number of anilines is 1. The van der Waals surface area contributed by atoms with E-state index < -0.39 is 0 Å². The molecular weight excluding hydrogens is 290 g/mol. The van der Waals surface area contributed by atoms with Crippen LogP contribution in [0.25, 0.3) is 16.8 Å². The highest BCUT2D eigenvalue weighted by Crippen LogP contribution is 2.24. The normalized spacial score (nSPS) is 10.6. The van der Waals surface area contributed by atoms with Crippen molar-refractivity contribution in [3.63, 3.8) is 0 Å². The molecule has 0 fully saturated rings. The number of nitrogen functional groups attached to an aromatic ring is 1. The summed E-state index contributed by atoms with van der Waals surface area (Å²) in [6.45, 7) is 5.00. The van der Waals surface area contributed by atoms with E-state index in [1.807, 2.05) is 19.3 Å². The van der Waals surface area contributed by atoms with Crippen LogP contribution in [0.15, 0.2) is 24.7 Å². The predicted octanol–water partition coefficient (Wildman–Crippen LogP) is 2.02. The highest BCUT2D eigenvalue weighted by atomic mass is 15.3. The zero-order chi connectivity index (χ0) is 16.8. The number of hydrogen-bond donors (Lipinski definition) is 2. The van der Waals surface area contributed by atoms with E-state index in [9.17, 15) is 0 Å². The minimum Gasteiger partial charge on any atom is -0.384 e. The Morgan fingerprint density at radius 3 is 2.43 bits per heavy atom. The molecule has 0 saturated heterocycles. The van der Waals surface area contributed by atoms with Gasteiger partial charge < -0.3 is 11.5 Å². The minimum absolute atomic E-state index is 0.614. The molecule has 0 radical (unpaired) electrons. The maximum atomic E-state index is 6.02. The summed E-state index contributed by atoms with van der Waals surface area (Å²) < 4.78 is 3.43. The molecule has 0 unspecified atom stereocenters. The minimum atomic E-state index is 0.614. The quantitative estimate of drug-likeness (QED) is 0.767. The zero-order valence-corrected chi connectivity index (χ0v) is 14.0. The van der Waals surface area contributed by atoms with Crippen LogP contribution in [-0.2, 0) is 13.5 Å². The molecule has 3 rings (SSSR count). The van der Waals surface area contributed by atoms with Crippen LogP contribution in [0.4, 0.5) is 5.82 Å². The lowest BCUT2D eigenvalue weighted by molar-refractivity contribution is 0.768. The first kappa shape index (κ1) is 17.0. The van der Waals surface area contributed by atoms with Crippen molar-refractivity contribution < 1.29 is 0 Å². The molecule has 0 aromatic carbocycles. The first-order valence-electron chi connectivity index (χ1n) is 7.92. The van der Waals surface area contributed by atoms with Gasteiger partial charge in [0, 0.05) is 36.1 Å². The van der Waals surface area contributed by atoms with Crippen molar-refractivity contribution in [1.29, 1.82) is 0 Å². The van der Waals surface area contributed by atoms with Gasteiger partial charge in [0.25, 0.3) is 0 Å². The van der Waals surface area contributed by atoms with Crippen molar-refractivity contribution in [3.05, 3.63) is 30.4 Å². The fourth-order valence-electron chi connectivity index (χ4n) is 2.19. The Labute approximate surface area is 136 Å². The molecule has 3 aromatic heterocycles. The number of nitrogens with zero attached hydrogens (tertiary/aromatic N) is 5. The van der Waals surface area contributed by atoms with Crippen molar-refractivity contribution in [1.82, 2.24) is 24.4 Å². The number of aromatic nitrogens is 5. The summed E-state index contributed by atoms with van der Waals surface area (Å²) in [5, 5.41) is 8.48. The number of aryl methyl sites for hydroxylation is 2. The lowest BCUT2D eigenvalue weighted by Crippen LogP contribution is -2.03. The van der Waals surface area contributed by atoms with Gasteiger partial charge in [0.2, 0.25) is 0 Å². The van der Waals surface area contributed by atoms with E-state index in [2.05, 4.69) is 29.0 Å². The Morgan fingerprint density at radius 2 is 1.87 bits per heavy atom. The molecule has 0 aliphatic heterocycles. The molecule has 0 atom stereocenters. The first-order chi connectivity index (χ1) is 11.1. The Morgan fingerprint density at radius 1 is 1.13 bits per heavy atom. The monoisotopic (exact) mass is 315 g/mol. The number of fused-ring (bicyclic) bond motifs is 1. The van der Waals surface area contributed by atoms with E-state index in [0.717, 1.165) is 48.3 Å². The van der Waals surface area contributed by atoms with E-state index in [1.165, 1.54) is 0 Å². The number of nitrogens with two attached hydrogens (primary N) is 2. The molecule has 0 bridgehead atoms. The van der Waals surface area contributed by atoms with Crippen LogP contribution < -0.4 is 11.5 Å². The summed E-state index contributed by atoms with van der Waals surface area (Å²) in [5.41, 5.74) is 14.8. The maximum Gasteiger partial charge on any atom is 0.165 e. The Balaban J connectivity index is 0.000000433. The molecule has 0 aliphatic carbocycles. The standard InChI is InChI=1S/C13H16N6.C3H9N/c1-3-4-10-5-12(14)19-13(17-10)11(7-16-19)9-6-15-18(2)8-9;1-2-3-4/h5-8H,3-4,14H2,1-2H3;2-4H2,1H3. The summed E-state index contributed by atoms with van der Waals surface area (Å²) in [6, 6.07) is 1.89. The van der Waals surface area contributed by atoms with Crippen LogP contribution in [0.5, 0.6) is 0 Å². The van der Waals surface area contributed by atoms with Gasteiger partial charge in [0.15, 0.2) is 5.65 Å². The van der Waals surface area contributed by atoms with Gasteiger partial charge in [-0.15, -0.1) is 0 Å². The Hall–Kier alpha value is -2.41. The third-order valence-electron chi connectivity index (χ3n) is 3.36. The predicted molar refractivity (Wildman–Crippen MR) is 92.9 cm³/mol. The molecule has 0 saturated carbocycles. The third-order valence-corrected chi connectivity index (χ3v) is 3.36. The molecule has 0 aliphatic rings. The van der Waals surface area contributed by atoms with E-state index in [4.69, 9.17) is 11.5 Å². The second-order valence-electron chi connectivity index (χ2n) is 5.41. The highest BCUT2D eigenvalue weighted by molar-refractivity contribution is 5.77. The molecule has 124 valence electrons. The van der Waals surface area contributed by atoms with Crippen molar-refractivity contribution in [3.8, 4) is 11.1 Å². The zero-order valence-electron chi connectivity index (χ0n) is 14.0. The van der Waals surface area contributed by atoms with Crippen LogP contribution >= 0.6 is 0 Å². The Bertz CT molecular complexity index is 755. The second-order valence-corrected chi connectivity index (χ2v) is 5.41. The lowest BCUT2D eigenvalue weighted by atomic mass is 10.2. The van der Waals surface area contributed by atoms with Crippen LogP contribution in [0, 0.1) is 0 Å². The molecule has 0 amide bonds. The summed E-state index contributed by atoms with van der Waals surface area (Å²) in [6.07, 6.45) is 8.59. The van der Waals surface area contributed by atoms with Gasteiger partial charge in [-0.2, -0.15) is 14.7 Å². The van der Waals surface area contributed by atoms with Gasteiger partial charge in [-0.3, -0.25) is 4.68 Å². The average molecular weight is 315 g/mol. The van der Waals surface area contributed by atoms with Crippen molar-refractivity contribution in [2.75, 3.05) is 12.3 Å². The molecule has 7 heteroatoms. The van der Waals surface area contributed by atoms with Crippen molar-refractivity contribution in [2.45, 2.75) is 33.1 Å². The molecule has 0 spiro atoms. The average Bonchev–Trinajstić information content (AvgIpc) is 3.14. The van der Waals surface area contributed by atoms with Crippen LogP contribution in [0.2, 0.25) is 0 Å². The van der Waals surface area contributed by atoms with E-state index >= 15 is 0 Å². The second kappa shape index (κ2) is 7.73. The molecular formula is C16H25N7. The topological polar surface area (TPSA) is 100 Å². The molecule has 7 nitrogen and oxygen atoms in total. The van der Waals surface area contributed by atoms with Gasteiger partial charge in [-0.1, -0.05) is 20.3 Å². The largest absolute Gasteiger partial charge is 0.384 e. The number of rotatable bonds is 4. The molecule has 23 heavy (non-hydrogen) atoms. The van der Waals surface area contributed by atoms with Crippen LogP contribution in [0.3, 0.4) is 0 Å². The van der Waals surface area contributed by atoms with Crippen molar-refractivity contribution in [2.24, 2.45) is 12.8 Å².